The fourth-order valence-corrected chi connectivity index (χ4v) is 5.60. The molecule has 0 aromatic heterocycles. The Morgan fingerprint density at radius 1 is 0.792 bits per heavy atom. The molecule has 0 bridgehead atoms. The van der Waals surface area contributed by atoms with E-state index in [1.807, 2.05) is 0 Å². The summed E-state index contributed by atoms with van der Waals surface area (Å²) >= 11 is 1.26. The van der Waals surface area contributed by atoms with Crippen molar-refractivity contribution >= 4 is 12.2 Å². The van der Waals surface area contributed by atoms with Gasteiger partial charge in [0.1, 0.15) is 0 Å². The van der Waals surface area contributed by atoms with Crippen LogP contribution < -0.4 is 12.4 Å². The van der Waals surface area contributed by atoms with E-state index in [2.05, 4.69) is 86.0 Å². The van der Waals surface area contributed by atoms with Gasteiger partial charge >= 0.3 is 141 Å². The molecule has 0 fully saturated rings. The van der Waals surface area contributed by atoms with Gasteiger partial charge in [-0.2, -0.15) is 0 Å². The molecule has 0 radical (unpaired) electrons. The van der Waals surface area contributed by atoms with Gasteiger partial charge in [0.15, 0.2) is 0 Å². The van der Waals surface area contributed by atoms with E-state index in [0.29, 0.717) is 17.8 Å². The molecular formula is C22H21ClHf. The fraction of sp³-hybridized carbons (Fsp3) is 0.182. The molecule has 2 aromatic carbocycles. The van der Waals surface area contributed by atoms with Crippen molar-refractivity contribution in [3.05, 3.63) is 96.1 Å². The molecule has 0 aliphatic heterocycles. The normalized spacial score (nSPS) is 20.3. The zero-order valence-electron chi connectivity index (χ0n) is 13.7. The molecule has 2 heteroatoms. The summed E-state index contributed by atoms with van der Waals surface area (Å²) in [6.07, 6.45) is 9.49. The monoisotopic (exact) mass is 500 g/mol. The average molecular weight is 499 g/mol. The molecule has 2 aromatic rings. The maximum absolute atomic E-state index is 3.00. The molecule has 2 atom stereocenters. The first-order valence-corrected chi connectivity index (χ1v) is 10.6. The Bertz CT molecular complexity index is 686. The SMILES string of the molecule is C=C.[Cl-].[Hf+][CH2]C(C1C=Cc2ccccc21)C1C=Cc2ccccc21. The van der Waals surface area contributed by atoms with Crippen LogP contribution in [0.1, 0.15) is 34.1 Å². The van der Waals surface area contributed by atoms with Crippen molar-refractivity contribution in [2.45, 2.75) is 16.0 Å². The van der Waals surface area contributed by atoms with Crippen LogP contribution in [-0.2, 0) is 24.4 Å². The molecule has 2 aliphatic carbocycles. The van der Waals surface area contributed by atoms with Crippen LogP contribution in [0.2, 0.25) is 4.18 Å². The van der Waals surface area contributed by atoms with E-state index in [1.54, 1.807) is 0 Å². The second kappa shape index (κ2) is 8.78. The second-order valence-corrected chi connectivity index (χ2v) is 7.36. The molecule has 0 N–H and O–H groups in total. The molecule has 0 amide bonds. The van der Waals surface area contributed by atoms with E-state index < -0.39 is 0 Å². The Morgan fingerprint density at radius 2 is 1.21 bits per heavy atom. The molecule has 2 aliphatic rings. The van der Waals surface area contributed by atoms with E-state index in [-0.39, 0.29) is 12.4 Å². The van der Waals surface area contributed by atoms with Gasteiger partial charge in [-0.05, 0) is 0 Å². The number of hydrogen-bond donors (Lipinski definition) is 0. The van der Waals surface area contributed by atoms with Crippen molar-refractivity contribution < 1.29 is 36.8 Å². The minimum atomic E-state index is 0. The van der Waals surface area contributed by atoms with Crippen LogP contribution in [0, 0.1) is 5.92 Å². The molecule has 0 saturated carbocycles. The van der Waals surface area contributed by atoms with Gasteiger partial charge in [0, 0.05) is 0 Å². The zero-order chi connectivity index (χ0) is 16.2. The van der Waals surface area contributed by atoms with E-state index in [9.17, 15) is 0 Å². The third kappa shape index (κ3) is 3.43. The van der Waals surface area contributed by atoms with Crippen LogP contribution in [0.3, 0.4) is 0 Å². The van der Waals surface area contributed by atoms with Crippen LogP contribution in [0.15, 0.2) is 73.8 Å². The topological polar surface area (TPSA) is 0 Å². The van der Waals surface area contributed by atoms with E-state index in [4.69, 9.17) is 0 Å². The molecule has 0 saturated heterocycles. The van der Waals surface area contributed by atoms with E-state index in [1.165, 1.54) is 50.8 Å². The van der Waals surface area contributed by atoms with E-state index >= 15 is 0 Å². The molecule has 24 heavy (non-hydrogen) atoms. The first-order chi connectivity index (χ1) is 11.4. The first kappa shape index (κ1) is 19.1. The third-order valence-corrected chi connectivity index (χ3v) is 6.53. The second-order valence-electron chi connectivity index (χ2n) is 5.90. The van der Waals surface area contributed by atoms with E-state index in [0.717, 1.165) is 0 Å². The standard InChI is InChI=1S/C20H17.C2H4.ClH.Hf/c1-14(17-12-10-15-6-2-4-8-19(15)17)18-13-11-16-7-3-5-9-20(16)18;1-2;;/h2-14,17-18H,1H2;1-2H2;1H;/q;;;+1/p-1. The molecular weight excluding hydrogens is 478 g/mol. The Kier molecular flexibility index (Phi) is 7.01. The van der Waals surface area contributed by atoms with Gasteiger partial charge in [-0.1, -0.05) is 0 Å². The molecule has 120 valence electrons. The number of fused-ring (bicyclic) bond motifs is 2. The summed E-state index contributed by atoms with van der Waals surface area (Å²) in [6.45, 7) is 6.00. The third-order valence-electron chi connectivity index (χ3n) is 4.83. The zero-order valence-corrected chi connectivity index (χ0v) is 18.0. The van der Waals surface area contributed by atoms with Crippen molar-refractivity contribution in [1.82, 2.24) is 0 Å². The predicted molar refractivity (Wildman–Crippen MR) is 96.0 cm³/mol. The summed E-state index contributed by atoms with van der Waals surface area (Å²) in [5.41, 5.74) is 5.88. The quantitative estimate of drug-likeness (QED) is 0.450. The van der Waals surface area contributed by atoms with Crippen LogP contribution >= 0.6 is 0 Å². The van der Waals surface area contributed by atoms with Crippen LogP contribution in [-0.4, -0.2) is 0 Å². The molecule has 0 nitrogen and oxygen atoms in total. The Hall–Kier alpha value is -1.18. The predicted octanol–water partition coefficient (Wildman–Crippen LogP) is 3.00. The van der Waals surface area contributed by atoms with Crippen LogP contribution in [0.25, 0.3) is 12.2 Å². The van der Waals surface area contributed by atoms with Crippen molar-refractivity contribution in [2.75, 3.05) is 0 Å². The molecule has 4 rings (SSSR count). The fourth-order valence-electron chi connectivity index (χ4n) is 3.78. The van der Waals surface area contributed by atoms with Gasteiger partial charge in [-0.15, -0.1) is 13.2 Å². The van der Waals surface area contributed by atoms with Gasteiger partial charge in [-0.3, -0.25) is 0 Å². The summed E-state index contributed by atoms with van der Waals surface area (Å²) in [5, 5.41) is 0. The van der Waals surface area contributed by atoms with Crippen molar-refractivity contribution in [3.8, 4) is 0 Å². The van der Waals surface area contributed by atoms with Gasteiger partial charge in [0.05, 0.1) is 0 Å². The summed E-state index contributed by atoms with van der Waals surface area (Å²) in [6, 6.07) is 17.8. The summed E-state index contributed by atoms with van der Waals surface area (Å²) in [5.74, 6) is 1.87. The molecule has 2 unspecified atom stereocenters. The van der Waals surface area contributed by atoms with Crippen molar-refractivity contribution in [1.29, 1.82) is 0 Å². The number of benzene rings is 2. The maximum atomic E-state index is 3.00. The Labute approximate surface area is 166 Å². The molecule has 0 heterocycles. The van der Waals surface area contributed by atoms with Crippen molar-refractivity contribution in [3.63, 3.8) is 0 Å². The minimum absolute atomic E-state index is 0. The average Bonchev–Trinajstić information content (AvgIpc) is 3.23. The number of hydrogen-bond acceptors (Lipinski definition) is 0. The van der Waals surface area contributed by atoms with Gasteiger partial charge in [0.2, 0.25) is 0 Å². The molecule has 0 spiro atoms. The van der Waals surface area contributed by atoms with Crippen LogP contribution in [0.4, 0.5) is 0 Å². The van der Waals surface area contributed by atoms with Crippen LogP contribution in [0.5, 0.6) is 0 Å². The first-order valence-electron chi connectivity index (χ1n) is 8.07. The summed E-state index contributed by atoms with van der Waals surface area (Å²) in [4.78, 5) is 0. The summed E-state index contributed by atoms with van der Waals surface area (Å²) in [7, 11) is 0. The van der Waals surface area contributed by atoms with Gasteiger partial charge in [-0.25, -0.2) is 0 Å². The van der Waals surface area contributed by atoms with Crippen molar-refractivity contribution in [2.24, 2.45) is 5.92 Å². The van der Waals surface area contributed by atoms with Gasteiger partial charge < -0.3 is 12.4 Å². The number of halogens is 1. The number of allylic oxidation sites excluding steroid dienone is 2. The number of rotatable bonds is 3. The Balaban J connectivity index is 0.000000670. The van der Waals surface area contributed by atoms with Gasteiger partial charge in [0.25, 0.3) is 0 Å². The Morgan fingerprint density at radius 3 is 1.62 bits per heavy atom. The summed E-state index contributed by atoms with van der Waals surface area (Å²) < 4.78 is 1.34.